The molecule has 2 fully saturated rings. The van der Waals surface area contributed by atoms with Gasteiger partial charge in [0, 0.05) is 38.8 Å². The second-order valence-corrected chi connectivity index (χ2v) is 8.88. The first-order valence-electron chi connectivity index (χ1n) is 10.3. The van der Waals surface area contributed by atoms with Crippen molar-refractivity contribution in [2.24, 2.45) is 17.3 Å². The molecule has 0 saturated carbocycles. The Balaban J connectivity index is 1.42. The van der Waals surface area contributed by atoms with Crippen LogP contribution in [0.4, 0.5) is 0 Å². The van der Waals surface area contributed by atoms with Crippen molar-refractivity contribution in [1.82, 2.24) is 9.80 Å². The standard InChI is InChI=1S/C25H30N2O/c1-25(2)22-16-26(15-21-11-7-4-8-12-21)17-23(25)19-27(18-22)24(28)14-13-20-9-5-3-6-10-20/h3-14,22-23H,15-19H2,1-2H3. The molecule has 2 aliphatic rings. The number of benzene rings is 2. The third-order valence-electron chi connectivity index (χ3n) is 6.72. The van der Waals surface area contributed by atoms with Crippen LogP contribution in [0.3, 0.4) is 0 Å². The van der Waals surface area contributed by atoms with Crippen LogP contribution in [0.2, 0.25) is 0 Å². The summed E-state index contributed by atoms with van der Waals surface area (Å²) in [6.07, 6.45) is 3.67. The summed E-state index contributed by atoms with van der Waals surface area (Å²) >= 11 is 0. The molecule has 0 aromatic heterocycles. The van der Waals surface area contributed by atoms with Crippen molar-refractivity contribution in [2.75, 3.05) is 26.2 Å². The molecule has 4 rings (SSSR count). The molecule has 0 radical (unpaired) electrons. The van der Waals surface area contributed by atoms with Crippen LogP contribution < -0.4 is 0 Å². The van der Waals surface area contributed by atoms with Gasteiger partial charge in [-0.2, -0.15) is 0 Å². The number of hydrogen-bond donors (Lipinski definition) is 0. The van der Waals surface area contributed by atoms with E-state index in [1.807, 2.05) is 36.4 Å². The molecule has 2 bridgehead atoms. The summed E-state index contributed by atoms with van der Waals surface area (Å²) in [5, 5.41) is 0. The van der Waals surface area contributed by atoms with Crippen LogP contribution in [0.25, 0.3) is 6.08 Å². The highest BCUT2D eigenvalue weighted by molar-refractivity contribution is 5.91. The van der Waals surface area contributed by atoms with Crippen LogP contribution in [-0.2, 0) is 11.3 Å². The predicted molar refractivity (Wildman–Crippen MR) is 115 cm³/mol. The molecule has 2 saturated heterocycles. The summed E-state index contributed by atoms with van der Waals surface area (Å²) < 4.78 is 0. The maximum atomic E-state index is 12.8. The molecule has 1 amide bonds. The van der Waals surface area contributed by atoms with Crippen LogP contribution in [0, 0.1) is 17.3 Å². The molecule has 2 aromatic carbocycles. The Morgan fingerprint density at radius 2 is 1.50 bits per heavy atom. The zero-order chi connectivity index (χ0) is 19.6. The Morgan fingerprint density at radius 1 is 0.929 bits per heavy atom. The fourth-order valence-electron chi connectivity index (χ4n) is 4.68. The second-order valence-electron chi connectivity index (χ2n) is 8.88. The minimum Gasteiger partial charge on any atom is -0.338 e. The van der Waals surface area contributed by atoms with Crippen molar-refractivity contribution >= 4 is 12.0 Å². The monoisotopic (exact) mass is 374 g/mol. The van der Waals surface area contributed by atoms with E-state index < -0.39 is 0 Å². The molecule has 0 spiro atoms. The Labute approximate surface area is 168 Å². The lowest BCUT2D eigenvalue weighted by Gasteiger charge is -2.55. The first-order chi connectivity index (χ1) is 13.5. The summed E-state index contributed by atoms with van der Waals surface area (Å²) in [4.78, 5) is 17.5. The van der Waals surface area contributed by atoms with Crippen molar-refractivity contribution in [3.05, 3.63) is 77.9 Å². The quantitative estimate of drug-likeness (QED) is 0.744. The van der Waals surface area contributed by atoms with E-state index in [-0.39, 0.29) is 11.3 Å². The molecule has 2 unspecified atom stereocenters. The first kappa shape index (κ1) is 18.9. The molecule has 3 nitrogen and oxygen atoms in total. The second kappa shape index (κ2) is 7.92. The summed E-state index contributed by atoms with van der Waals surface area (Å²) in [7, 11) is 0. The predicted octanol–water partition coefficient (Wildman–Crippen LogP) is 4.32. The van der Waals surface area contributed by atoms with Crippen LogP contribution >= 0.6 is 0 Å². The number of amides is 1. The SMILES string of the molecule is CC1(C)C2CN(Cc3ccccc3)CC1CN(C(=O)C=Cc1ccccc1)C2. The number of fused-ring (bicyclic) bond motifs is 2. The van der Waals surface area contributed by atoms with Crippen molar-refractivity contribution in [1.29, 1.82) is 0 Å². The van der Waals surface area contributed by atoms with E-state index in [9.17, 15) is 4.79 Å². The molecular weight excluding hydrogens is 344 g/mol. The topological polar surface area (TPSA) is 23.6 Å². The van der Waals surface area contributed by atoms with E-state index in [0.717, 1.165) is 38.3 Å². The highest BCUT2D eigenvalue weighted by atomic mass is 16.2. The smallest absolute Gasteiger partial charge is 0.246 e. The molecule has 146 valence electrons. The molecule has 0 N–H and O–H groups in total. The van der Waals surface area contributed by atoms with Crippen LogP contribution in [0.5, 0.6) is 0 Å². The number of carbonyl (C=O) groups is 1. The number of likely N-dealkylation sites (tertiary alicyclic amines) is 2. The Hall–Kier alpha value is -2.39. The number of piperidine rings is 2. The highest BCUT2D eigenvalue weighted by Crippen LogP contribution is 2.44. The van der Waals surface area contributed by atoms with Gasteiger partial charge < -0.3 is 4.90 Å². The Bertz CT molecular complexity index is 810. The van der Waals surface area contributed by atoms with Gasteiger partial charge in [0.1, 0.15) is 0 Å². The van der Waals surface area contributed by atoms with Gasteiger partial charge >= 0.3 is 0 Å². The van der Waals surface area contributed by atoms with E-state index in [4.69, 9.17) is 0 Å². The molecular formula is C25H30N2O. The van der Waals surface area contributed by atoms with Gasteiger partial charge in [-0.25, -0.2) is 0 Å². The zero-order valence-electron chi connectivity index (χ0n) is 16.9. The van der Waals surface area contributed by atoms with Crippen molar-refractivity contribution in [3.8, 4) is 0 Å². The normalized spacial score (nSPS) is 24.4. The van der Waals surface area contributed by atoms with E-state index in [2.05, 4.69) is 54.0 Å². The van der Waals surface area contributed by atoms with Gasteiger partial charge in [-0.05, 0) is 34.5 Å². The average Bonchev–Trinajstić information content (AvgIpc) is 2.68. The average molecular weight is 375 g/mol. The minimum atomic E-state index is 0.144. The molecule has 2 atom stereocenters. The maximum absolute atomic E-state index is 12.8. The van der Waals surface area contributed by atoms with E-state index in [1.54, 1.807) is 6.08 Å². The van der Waals surface area contributed by atoms with Gasteiger partial charge in [-0.3, -0.25) is 9.69 Å². The van der Waals surface area contributed by atoms with Crippen LogP contribution in [-0.4, -0.2) is 41.9 Å². The van der Waals surface area contributed by atoms with E-state index >= 15 is 0 Å². The fourth-order valence-corrected chi connectivity index (χ4v) is 4.68. The van der Waals surface area contributed by atoms with Crippen molar-refractivity contribution < 1.29 is 4.79 Å². The van der Waals surface area contributed by atoms with Gasteiger partial charge in [0.15, 0.2) is 0 Å². The molecule has 0 aliphatic carbocycles. The van der Waals surface area contributed by atoms with Gasteiger partial charge in [-0.1, -0.05) is 74.5 Å². The van der Waals surface area contributed by atoms with E-state index in [0.29, 0.717) is 11.8 Å². The third-order valence-corrected chi connectivity index (χ3v) is 6.72. The van der Waals surface area contributed by atoms with Crippen molar-refractivity contribution in [2.45, 2.75) is 20.4 Å². The van der Waals surface area contributed by atoms with Gasteiger partial charge in [0.05, 0.1) is 0 Å². The highest BCUT2D eigenvalue weighted by Gasteiger charge is 2.48. The lowest BCUT2D eigenvalue weighted by molar-refractivity contribution is -0.138. The molecule has 3 heteroatoms. The van der Waals surface area contributed by atoms with Crippen molar-refractivity contribution in [3.63, 3.8) is 0 Å². The Kier molecular flexibility index (Phi) is 5.36. The zero-order valence-corrected chi connectivity index (χ0v) is 16.9. The summed E-state index contributed by atoms with van der Waals surface area (Å²) in [6.45, 7) is 9.62. The number of carbonyl (C=O) groups excluding carboxylic acids is 1. The minimum absolute atomic E-state index is 0.144. The first-order valence-corrected chi connectivity index (χ1v) is 10.3. The lowest BCUT2D eigenvalue weighted by atomic mass is 9.63. The van der Waals surface area contributed by atoms with E-state index in [1.165, 1.54) is 5.56 Å². The van der Waals surface area contributed by atoms with Crippen LogP contribution in [0.15, 0.2) is 66.7 Å². The molecule has 2 heterocycles. The largest absolute Gasteiger partial charge is 0.338 e. The van der Waals surface area contributed by atoms with Crippen LogP contribution in [0.1, 0.15) is 25.0 Å². The lowest BCUT2D eigenvalue weighted by Crippen LogP contribution is -2.61. The maximum Gasteiger partial charge on any atom is 0.246 e. The number of nitrogens with zero attached hydrogens (tertiary/aromatic N) is 2. The number of rotatable bonds is 4. The molecule has 28 heavy (non-hydrogen) atoms. The van der Waals surface area contributed by atoms with Gasteiger partial charge in [0.25, 0.3) is 0 Å². The summed E-state index contributed by atoms with van der Waals surface area (Å²) in [5.74, 6) is 1.17. The summed E-state index contributed by atoms with van der Waals surface area (Å²) in [5.41, 5.74) is 2.73. The Morgan fingerprint density at radius 3 is 2.11 bits per heavy atom. The molecule has 2 aliphatic heterocycles. The summed E-state index contributed by atoms with van der Waals surface area (Å²) in [6, 6.07) is 20.8. The third kappa shape index (κ3) is 4.05. The number of hydrogen-bond acceptors (Lipinski definition) is 2. The van der Waals surface area contributed by atoms with Gasteiger partial charge in [0.2, 0.25) is 5.91 Å². The fraction of sp³-hybridized carbons (Fsp3) is 0.400. The molecule has 2 aromatic rings. The van der Waals surface area contributed by atoms with Gasteiger partial charge in [-0.15, -0.1) is 0 Å².